The van der Waals surface area contributed by atoms with Crippen LogP contribution < -0.4 is 0 Å². The highest BCUT2D eigenvalue weighted by Gasteiger charge is 1.74. The van der Waals surface area contributed by atoms with Crippen LogP contribution in [0.15, 0.2) is 18.5 Å². The number of pyridine rings is 1. The Balaban J connectivity index is 3.02. The maximum absolute atomic E-state index is 3.79. The van der Waals surface area contributed by atoms with E-state index in [0.717, 1.165) is 5.56 Å². The van der Waals surface area contributed by atoms with Crippen molar-refractivity contribution in [3.05, 3.63) is 30.1 Å². The molecule has 0 fully saturated rings. The van der Waals surface area contributed by atoms with E-state index in [0.29, 0.717) is 0 Å². The molecule has 1 heterocycles. The third kappa shape index (κ3) is 1.000. The van der Waals surface area contributed by atoms with Gasteiger partial charge in [-0.3, -0.25) is 4.98 Å². The van der Waals surface area contributed by atoms with E-state index >= 15 is 0 Å². The van der Waals surface area contributed by atoms with Crippen molar-refractivity contribution in [3.63, 3.8) is 0 Å². The summed E-state index contributed by atoms with van der Waals surface area (Å²) in [6.45, 7) is 1.99. The third-order valence-corrected chi connectivity index (χ3v) is 0.777. The molecule has 1 rings (SSSR count). The molecule has 1 heteroatoms. The van der Waals surface area contributed by atoms with Gasteiger partial charge in [0, 0.05) is 18.5 Å². The van der Waals surface area contributed by atoms with Crippen molar-refractivity contribution in [2.24, 2.45) is 0 Å². The van der Waals surface area contributed by atoms with Crippen LogP contribution in [0.5, 0.6) is 0 Å². The fourth-order valence-electron chi connectivity index (χ4n) is 0.385. The molecule has 35 valence electrons. The fraction of sp³-hybridized carbons (Fsp3) is 0.167. The second-order valence-electron chi connectivity index (χ2n) is 1.42. The van der Waals surface area contributed by atoms with Gasteiger partial charge < -0.3 is 0 Å². The average Bonchev–Trinajstić information content (AvgIpc) is 1.69. The van der Waals surface area contributed by atoms with Crippen LogP contribution in [-0.2, 0) is 0 Å². The molecule has 1 nitrogen and oxygen atoms in total. The zero-order chi connectivity index (χ0) is 5.11. The van der Waals surface area contributed by atoms with Crippen molar-refractivity contribution >= 4 is 0 Å². The van der Waals surface area contributed by atoms with Gasteiger partial charge >= 0.3 is 0 Å². The summed E-state index contributed by atoms with van der Waals surface area (Å²) in [4.78, 5) is 3.79. The summed E-state index contributed by atoms with van der Waals surface area (Å²) in [5.41, 5.74) is 1.13. The van der Waals surface area contributed by atoms with Crippen molar-refractivity contribution in [1.29, 1.82) is 0 Å². The minimum Gasteiger partial charge on any atom is -0.264 e. The molecule has 0 amide bonds. The normalized spacial score (nSPS) is 8.71. The number of rotatable bonds is 0. The smallest absolute Gasteiger partial charge is 0.0349 e. The highest BCUT2D eigenvalue weighted by molar-refractivity contribution is 5.03. The van der Waals surface area contributed by atoms with Gasteiger partial charge in [-0.25, -0.2) is 0 Å². The lowest BCUT2D eigenvalue weighted by atomic mass is 10.3. The lowest BCUT2D eigenvalue weighted by molar-refractivity contribution is 1.28. The van der Waals surface area contributed by atoms with Crippen LogP contribution in [0.2, 0.25) is 0 Å². The molecule has 0 aliphatic rings. The average molecular weight is 92.1 g/mol. The monoisotopic (exact) mass is 92.1 g/mol. The lowest BCUT2D eigenvalue weighted by Crippen LogP contribution is -1.69. The Morgan fingerprint density at radius 2 is 2.57 bits per heavy atom. The zero-order valence-corrected chi connectivity index (χ0v) is 4.18. The van der Waals surface area contributed by atoms with E-state index in [4.69, 9.17) is 0 Å². The first-order chi connectivity index (χ1) is 3.39. The minimum absolute atomic E-state index is 1.13. The molecular weight excluding hydrogens is 86.1 g/mol. The molecule has 0 saturated carbocycles. The van der Waals surface area contributed by atoms with E-state index in [1.807, 2.05) is 13.0 Å². The van der Waals surface area contributed by atoms with Crippen LogP contribution in [0.4, 0.5) is 0 Å². The van der Waals surface area contributed by atoms with Crippen LogP contribution in [0.3, 0.4) is 0 Å². The maximum atomic E-state index is 3.79. The number of aryl methyl sites for hydroxylation is 1. The first-order valence-electron chi connectivity index (χ1n) is 2.18. The molecule has 0 aliphatic heterocycles. The van der Waals surface area contributed by atoms with Gasteiger partial charge in [0.25, 0.3) is 0 Å². The molecule has 1 aromatic heterocycles. The summed E-state index contributed by atoms with van der Waals surface area (Å²) >= 11 is 0. The summed E-state index contributed by atoms with van der Waals surface area (Å²) in [5, 5.41) is 0. The Labute approximate surface area is 43.0 Å². The van der Waals surface area contributed by atoms with Gasteiger partial charge in [0.15, 0.2) is 0 Å². The van der Waals surface area contributed by atoms with Gasteiger partial charge in [-0.15, -0.1) is 0 Å². The predicted molar refractivity (Wildman–Crippen MR) is 27.8 cm³/mol. The van der Waals surface area contributed by atoms with Gasteiger partial charge in [-0.1, -0.05) is 0 Å². The van der Waals surface area contributed by atoms with Gasteiger partial charge in [-0.05, 0) is 18.6 Å². The molecule has 1 aromatic rings. The van der Waals surface area contributed by atoms with Crippen LogP contribution in [0.1, 0.15) is 5.56 Å². The predicted octanol–water partition coefficient (Wildman–Crippen LogP) is 1.19. The quantitative estimate of drug-likeness (QED) is 0.468. The lowest BCUT2D eigenvalue weighted by Gasteiger charge is -1.81. The topological polar surface area (TPSA) is 12.9 Å². The first kappa shape index (κ1) is 4.31. The van der Waals surface area contributed by atoms with Crippen LogP contribution in [-0.4, -0.2) is 4.98 Å². The third-order valence-electron chi connectivity index (χ3n) is 0.777. The summed E-state index contributed by atoms with van der Waals surface area (Å²) < 4.78 is 0. The van der Waals surface area contributed by atoms with E-state index in [2.05, 4.69) is 11.1 Å². The maximum Gasteiger partial charge on any atom is 0.0349 e. The molecule has 0 atom stereocenters. The zero-order valence-electron chi connectivity index (χ0n) is 4.18. The van der Waals surface area contributed by atoms with E-state index in [1.54, 1.807) is 12.4 Å². The Hall–Kier alpha value is -0.850. The molecule has 0 spiro atoms. The second-order valence-corrected chi connectivity index (χ2v) is 1.42. The molecule has 0 aromatic carbocycles. The molecule has 0 bridgehead atoms. The van der Waals surface area contributed by atoms with E-state index in [1.165, 1.54) is 0 Å². The highest BCUT2D eigenvalue weighted by atomic mass is 14.6. The summed E-state index contributed by atoms with van der Waals surface area (Å²) in [5.74, 6) is 0. The SMILES string of the molecule is Cc1[c]cncc1. The standard InChI is InChI=1S/C6H6N/c1-6-2-4-7-5-3-6/h2,4-5H,1H3. The van der Waals surface area contributed by atoms with Crippen LogP contribution in [0.25, 0.3) is 0 Å². The van der Waals surface area contributed by atoms with E-state index < -0.39 is 0 Å². The molecule has 0 N–H and O–H groups in total. The Bertz CT molecular complexity index is 134. The molecule has 0 saturated heterocycles. The van der Waals surface area contributed by atoms with E-state index in [-0.39, 0.29) is 0 Å². The second kappa shape index (κ2) is 1.73. The van der Waals surface area contributed by atoms with Crippen molar-refractivity contribution in [2.75, 3.05) is 0 Å². The first-order valence-corrected chi connectivity index (χ1v) is 2.18. The van der Waals surface area contributed by atoms with Gasteiger partial charge in [0.05, 0.1) is 0 Å². The van der Waals surface area contributed by atoms with Gasteiger partial charge in [-0.2, -0.15) is 0 Å². The molecule has 0 aliphatic carbocycles. The van der Waals surface area contributed by atoms with E-state index in [9.17, 15) is 0 Å². The largest absolute Gasteiger partial charge is 0.264 e. The van der Waals surface area contributed by atoms with Crippen molar-refractivity contribution in [2.45, 2.75) is 6.92 Å². The van der Waals surface area contributed by atoms with Gasteiger partial charge in [0.1, 0.15) is 0 Å². The summed E-state index contributed by atoms with van der Waals surface area (Å²) in [6, 6.07) is 4.84. The number of nitrogens with zero attached hydrogens (tertiary/aromatic N) is 1. The molecule has 0 unspecified atom stereocenters. The van der Waals surface area contributed by atoms with Crippen molar-refractivity contribution < 1.29 is 0 Å². The minimum atomic E-state index is 1.13. The number of hydrogen-bond acceptors (Lipinski definition) is 1. The molecular formula is C6H6N. The van der Waals surface area contributed by atoms with Crippen molar-refractivity contribution in [3.8, 4) is 0 Å². The van der Waals surface area contributed by atoms with Crippen LogP contribution in [0, 0.1) is 13.0 Å². The van der Waals surface area contributed by atoms with Crippen molar-refractivity contribution in [1.82, 2.24) is 4.98 Å². The fourth-order valence-corrected chi connectivity index (χ4v) is 0.385. The molecule has 7 heavy (non-hydrogen) atoms. The molecule has 1 radical (unpaired) electrons. The van der Waals surface area contributed by atoms with Crippen LogP contribution >= 0.6 is 0 Å². The number of hydrogen-bond donors (Lipinski definition) is 0. The summed E-state index contributed by atoms with van der Waals surface area (Å²) in [6.07, 6.45) is 3.42. The highest BCUT2D eigenvalue weighted by Crippen LogP contribution is 1.87. The van der Waals surface area contributed by atoms with Gasteiger partial charge in [0.2, 0.25) is 0 Å². The summed E-state index contributed by atoms with van der Waals surface area (Å²) in [7, 11) is 0. The Morgan fingerprint density at radius 1 is 1.71 bits per heavy atom. The number of aromatic nitrogens is 1. The Kier molecular flexibility index (Phi) is 1.07. The Morgan fingerprint density at radius 3 is 2.86 bits per heavy atom.